The highest BCUT2D eigenvalue weighted by Gasteiger charge is 2.40. The van der Waals surface area contributed by atoms with Crippen molar-refractivity contribution in [1.82, 2.24) is 5.32 Å². The maximum absolute atomic E-state index is 12.2. The number of nitrogens with one attached hydrogen (secondary N) is 1. The summed E-state index contributed by atoms with van der Waals surface area (Å²) < 4.78 is 5.24. The van der Waals surface area contributed by atoms with E-state index in [1.165, 1.54) is 12.8 Å². The van der Waals surface area contributed by atoms with Gasteiger partial charge in [0.2, 0.25) is 5.91 Å². The summed E-state index contributed by atoms with van der Waals surface area (Å²) in [6, 6.07) is 0. The second-order valence-corrected chi connectivity index (χ2v) is 6.10. The zero-order valence-electron chi connectivity index (χ0n) is 12.0. The molecule has 2 aliphatic rings. The molecule has 2 N–H and O–H groups in total. The number of amides is 1. The van der Waals surface area contributed by atoms with Gasteiger partial charge in [0.05, 0.1) is 5.41 Å². The Bertz CT molecular complexity index is 342. The van der Waals surface area contributed by atoms with Crippen molar-refractivity contribution in [3.63, 3.8) is 0 Å². The van der Waals surface area contributed by atoms with Crippen molar-refractivity contribution in [2.75, 3.05) is 19.8 Å². The van der Waals surface area contributed by atoms with E-state index in [0.717, 1.165) is 25.7 Å². The van der Waals surface area contributed by atoms with Crippen LogP contribution >= 0.6 is 0 Å². The van der Waals surface area contributed by atoms with E-state index >= 15 is 0 Å². The lowest BCUT2D eigenvalue weighted by molar-refractivity contribution is -0.154. The van der Waals surface area contributed by atoms with Gasteiger partial charge in [-0.3, -0.25) is 9.59 Å². The summed E-state index contributed by atoms with van der Waals surface area (Å²) in [4.78, 5) is 23.7. The van der Waals surface area contributed by atoms with Crippen LogP contribution in [0.15, 0.2) is 0 Å². The van der Waals surface area contributed by atoms with Gasteiger partial charge in [0, 0.05) is 25.7 Å². The third kappa shape index (κ3) is 3.72. The molecule has 2 fully saturated rings. The largest absolute Gasteiger partial charge is 0.481 e. The minimum absolute atomic E-state index is 0.0408. The van der Waals surface area contributed by atoms with Gasteiger partial charge in [0.15, 0.2) is 0 Å². The van der Waals surface area contributed by atoms with Crippen molar-refractivity contribution in [2.45, 2.75) is 51.4 Å². The minimum atomic E-state index is -0.835. The standard InChI is InChI=1S/C15H25NO4/c17-13(12-5-3-1-2-4-6-12)16-11-15(14(18)19)7-9-20-10-8-15/h12H,1-11H2,(H,16,17)(H,18,19). The molecule has 5 heteroatoms. The van der Waals surface area contributed by atoms with Gasteiger partial charge in [-0.05, 0) is 25.7 Å². The minimum Gasteiger partial charge on any atom is -0.481 e. The van der Waals surface area contributed by atoms with Gasteiger partial charge < -0.3 is 15.2 Å². The molecule has 114 valence electrons. The maximum Gasteiger partial charge on any atom is 0.311 e. The monoisotopic (exact) mass is 283 g/mol. The number of carbonyl (C=O) groups is 2. The molecule has 1 aliphatic heterocycles. The molecule has 5 nitrogen and oxygen atoms in total. The molecule has 1 saturated heterocycles. The Labute approximate surface area is 120 Å². The lowest BCUT2D eigenvalue weighted by atomic mass is 9.80. The first-order valence-corrected chi connectivity index (χ1v) is 7.73. The topological polar surface area (TPSA) is 75.6 Å². The smallest absolute Gasteiger partial charge is 0.311 e. The number of carbonyl (C=O) groups excluding carboxylic acids is 1. The predicted molar refractivity (Wildman–Crippen MR) is 74.3 cm³/mol. The zero-order valence-corrected chi connectivity index (χ0v) is 12.0. The SMILES string of the molecule is O=C(NCC1(C(=O)O)CCOCC1)C1CCCCCC1. The van der Waals surface area contributed by atoms with Crippen LogP contribution in [0, 0.1) is 11.3 Å². The molecule has 1 heterocycles. The summed E-state index contributed by atoms with van der Waals surface area (Å²) in [5, 5.41) is 12.3. The number of carboxylic acids is 1. The van der Waals surface area contributed by atoms with E-state index in [0.29, 0.717) is 26.1 Å². The number of carboxylic acid groups (broad SMARTS) is 1. The third-order valence-corrected chi connectivity index (χ3v) is 4.73. The van der Waals surface area contributed by atoms with E-state index in [4.69, 9.17) is 4.74 Å². The van der Waals surface area contributed by atoms with Crippen LogP contribution in [0.2, 0.25) is 0 Å². The molecule has 20 heavy (non-hydrogen) atoms. The molecule has 0 aromatic rings. The predicted octanol–water partition coefficient (Wildman–Crippen LogP) is 1.95. The number of aliphatic carboxylic acids is 1. The van der Waals surface area contributed by atoms with Gasteiger partial charge in [-0.15, -0.1) is 0 Å². The molecule has 0 spiro atoms. The molecule has 0 unspecified atom stereocenters. The molecule has 0 bridgehead atoms. The van der Waals surface area contributed by atoms with Crippen molar-refractivity contribution in [1.29, 1.82) is 0 Å². The third-order valence-electron chi connectivity index (χ3n) is 4.73. The van der Waals surface area contributed by atoms with Gasteiger partial charge in [-0.2, -0.15) is 0 Å². The van der Waals surface area contributed by atoms with Crippen LogP contribution in [0.5, 0.6) is 0 Å². The summed E-state index contributed by atoms with van der Waals surface area (Å²) >= 11 is 0. The van der Waals surface area contributed by atoms with Crippen molar-refractivity contribution < 1.29 is 19.4 Å². The lowest BCUT2D eigenvalue weighted by Gasteiger charge is -2.33. The van der Waals surface area contributed by atoms with Crippen molar-refractivity contribution in [3.05, 3.63) is 0 Å². The fraction of sp³-hybridized carbons (Fsp3) is 0.867. The number of rotatable bonds is 4. The van der Waals surface area contributed by atoms with Gasteiger partial charge in [0.25, 0.3) is 0 Å². The Morgan fingerprint density at radius 3 is 2.25 bits per heavy atom. The van der Waals surface area contributed by atoms with E-state index in [2.05, 4.69) is 5.32 Å². The van der Waals surface area contributed by atoms with Crippen LogP contribution in [0.4, 0.5) is 0 Å². The van der Waals surface area contributed by atoms with Crippen molar-refractivity contribution in [2.24, 2.45) is 11.3 Å². The number of ether oxygens (including phenoxy) is 1. The quantitative estimate of drug-likeness (QED) is 0.773. The number of hydrogen-bond donors (Lipinski definition) is 2. The summed E-state index contributed by atoms with van der Waals surface area (Å²) in [6.45, 7) is 1.16. The molecular formula is C15H25NO4. The first-order chi connectivity index (χ1) is 9.64. The van der Waals surface area contributed by atoms with Gasteiger partial charge in [-0.25, -0.2) is 0 Å². The van der Waals surface area contributed by atoms with Gasteiger partial charge in [-0.1, -0.05) is 25.7 Å². The first-order valence-electron chi connectivity index (χ1n) is 7.73. The molecule has 1 amide bonds. The summed E-state index contributed by atoms with van der Waals surface area (Å²) in [6.07, 6.45) is 7.47. The van der Waals surface area contributed by atoms with E-state index in [1.54, 1.807) is 0 Å². The van der Waals surface area contributed by atoms with Crippen LogP contribution in [0.1, 0.15) is 51.4 Å². The molecular weight excluding hydrogens is 258 g/mol. The molecule has 2 rings (SSSR count). The van der Waals surface area contributed by atoms with E-state index in [1.807, 2.05) is 0 Å². The van der Waals surface area contributed by atoms with Crippen molar-refractivity contribution >= 4 is 11.9 Å². The van der Waals surface area contributed by atoms with Crippen LogP contribution in [0.3, 0.4) is 0 Å². The van der Waals surface area contributed by atoms with Crippen molar-refractivity contribution in [3.8, 4) is 0 Å². The summed E-state index contributed by atoms with van der Waals surface area (Å²) in [7, 11) is 0. The van der Waals surface area contributed by atoms with Crippen LogP contribution in [0.25, 0.3) is 0 Å². The molecule has 0 aromatic heterocycles. The van der Waals surface area contributed by atoms with Gasteiger partial charge in [0.1, 0.15) is 0 Å². The van der Waals surface area contributed by atoms with E-state index in [-0.39, 0.29) is 18.4 Å². The Balaban J connectivity index is 1.88. The molecule has 1 saturated carbocycles. The normalized spacial score (nSPS) is 23.8. The lowest BCUT2D eigenvalue weighted by Crippen LogP contribution is -2.47. The average Bonchev–Trinajstić information content (AvgIpc) is 2.74. The molecule has 0 aromatic carbocycles. The summed E-state index contributed by atoms with van der Waals surface area (Å²) in [5.74, 6) is -0.704. The highest BCUT2D eigenvalue weighted by molar-refractivity contribution is 5.80. The molecule has 0 radical (unpaired) electrons. The van der Waals surface area contributed by atoms with E-state index in [9.17, 15) is 14.7 Å². The van der Waals surface area contributed by atoms with E-state index < -0.39 is 11.4 Å². The Morgan fingerprint density at radius 2 is 1.70 bits per heavy atom. The van der Waals surface area contributed by atoms with Crippen LogP contribution < -0.4 is 5.32 Å². The zero-order chi connectivity index (χ0) is 14.4. The average molecular weight is 283 g/mol. The Hall–Kier alpha value is -1.10. The number of hydrogen-bond acceptors (Lipinski definition) is 3. The Kier molecular flexibility index (Phi) is 5.40. The Morgan fingerprint density at radius 1 is 1.10 bits per heavy atom. The highest BCUT2D eigenvalue weighted by Crippen LogP contribution is 2.30. The molecule has 0 atom stereocenters. The fourth-order valence-corrected chi connectivity index (χ4v) is 3.17. The van der Waals surface area contributed by atoms with Crippen LogP contribution in [-0.4, -0.2) is 36.7 Å². The second kappa shape index (κ2) is 7.07. The highest BCUT2D eigenvalue weighted by atomic mass is 16.5. The van der Waals surface area contributed by atoms with Gasteiger partial charge >= 0.3 is 5.97 Å². The second-order valence-electron chi connectivity index (χ2n) is 6.10. The summed E-state index contributed by atoms with van der Waals surface area (Å²) in [5.41, 5.74) is -0.835. The van der Waals surface area contributed by atoms with Crippen LogP contribution in [-0.2, 0) is 14.3 Å². The fourth-order valence-electron chi connectivity index (χ4n) is 3.17. The molecule has 1 aliphatic carbocycles. The maximum atomic E-state index is 12.2. The first kappa shape index (κ1) is 15.3.